The smallest absolute Gasteiger partial charge is 0.288 e. The zero-order chi connectivity index (χ0) is 19.9. The van der Waals surface area contributed by atoms with Gasteiger partial charge in [-0.3, -0.25) is 14.8 Å². The van der Waals surface area contributed by atoms with E-state index in [4.69, 9.17) is 11.6 Å². The van der Waals surface area contributed by atoms with Crippen molar-refractivity contribution in [2.45, 2.75) is 19.9 Å². The molecule has 0 spiro atoms. The summed E-state index contributed by atoms with van der Waals surface area (Å²) in [5.41, 5.74) is 2.60. The van der Waals surface area contributed by atoms with Gasteiger partial charge in [-0.25, -0.2) is 8.42 Å². The Hall–Kier alpha value is -2.58. The Bertz CT molecular complexity index is 1150. The predicted molar refractivity (Wildman–Crippen MR) is 108 cm³/mol. The minimum atomic E-state index is -3.39. The number of benzene rings is 2. The lowest BCUT2D eigenvalue weighted by Crippen LogP contribution is -2.09. The molecule has 0 aliphatic heterocycles. The number of sulfonamides is 1. The molecule has 0 unspecified atom stereocenters. The molecule has 0 atom stereocenters. The van der Waals surface area contributed by atoms with E-state index in [2.05, 4.69) is 4.72 Å². The van der Waals surface area contributed by atoms with Gasteiger partial charge in [-0.1, -0.05) is 23.7 Å². The number of hydrogen-bond donors (Lipinski definition) is 1. The molecule has 0 fully saturated rings. The van der Waals surface area contributed by atoms with Crippen molar-refractivity contribution in [1.29, 1.82) is 0 Å². The summed E-state index contributed by atoms with van der Waals surface area (Å²) in [6, 6.07) is 10.0. The molecular formula is C18H18ClN3O4S. The number of nitrogens with one attached hydrogen (secondary N) is 1. The normalized spacial score (nSPS) is 11.9. The molecule has 0 saturated carbocycles. The SMILES string of the molecule is CC(C)n1cc(-c2ccc(Cl)c([N+](=O)[O-])c2)c2ccc(NS(C)(=O)=O)cc21. The molecule has 0 aliphatic rings. The summed E-state index contributed by atoms with van der Waals surface area (Å²) in [6.07, 6.45) is 3.00. The zero-order valence-corrected chi connectivity index (χ0v) is 16.5. The van der Waals surface area contributed by atoms with Gasteiger partial charge in [0, 0.05) is 29.3 Å². The van der Waals surface area contributed by atoms with E-state index in [0.717, 1.165) is 22.7 Å². The van der Waals surface area contributed by atoms with Crippen molar-refractivity contribution in [1.82, 2.24) is 4.57 Å². The van der Waals surface area contributed by atoms with Crippen LogP contribution < -0.4 is 4.72 Å². The molecule has 2 aromatic carbocycles. The monoisotopic (exact) mass is 407 g/mol. The topological polar surface area (TPSA) is 94.2 Å². The Morgan fingerprint density at radius 1 is 1.19 bits per heavy atom. The third-order valence-electron chi connectivity index (χ3n) is 4.15. The van der Waals surface area contributed by atoms with Crippen LogP contribution in [-0.2, 0) is 10.0 Å². The average molecular weight is 408 g/mol. The van der Waals surface area contributed by atoms with Crippen LogP contribution in [0.25, 0.3) is 22.0 Å². The van der Waals surface area contributed by atoms with Crippen molar-refractivity contribution < 1.29 is 13.3 Å². The number of fused-ring (bicyclic) bond motifs is 1. The number of nitrogens with zero attached hydrogens (tertiary/aromatic N) is 2. The Kier molecular flexibility index (Phi) is 4.88. The maximum absolute atomic E-state index is 11.5. The molecule has 0 bridgehead atoms. The van der Waals surface area contributed by atoms with Crippen LogP contribution in [-0.4, -0.2) is 24.2 Å². The number of hydrogen-bond acceptors (Lipinski definition) is 4. The molecule has 1 aromatic heterocycles. The molecule has 1 heterocycles. The van der Waals surface area contributed by atoms with Crippen LogP contribution >= 0.6 is 11.6 Å². The van der Waals surface area contributed by atoms with Crippen molar-refractivity contribution >= 4 is 43.9 Å². The van der Waals surface area contributed by atoms with Gasteiger partial charge in [-0.05, 0) is 37.6 Å². The third-order valence-corrected chi connectivity index (χ3v) is 5.07. The fraction of sp³-hybridized carbons (Fsp3) is 0.222. The molecule has 7 nitrogen and oxygen atoms in total. The Morgan fingerprint density at radius 3 is 2.48 bits per heavy atom. The van der Waals surface area contributed by atoms with Crippen LogP contribution in [0.5, 0.6) is 0 Å². The molecule has 0 aliphatic carbocycles. The van der Waals surface area contributed by atoms with Gasteiger partial charge in [0.15, 0.2) is 0 Å². The highest BCUT2D eigenvalue weighted by molar-refractivity contribution is 7.92. The second-order valence-electron chi connectivity index (χ2n) is 6.57. The molecule has 0 radical (unpaired) electrons. The minimum absolute atomic E-state index is 0.0796. The van der Waals surface area contributed by atoms with E-state index < -0.39 is 14.9 Å². The number of anilines is 1. The molecule has 3 rings (SSSR count). The van der Waals surface area contributed by atoms with E-state index in [0.29, 0.717) is 11.3 Å². The maximum Gasteiger partial charge on any atom is 0.288 e. The molecule has 9 heteroatoms. The van der Waals surface area contributed by atoms with Gasteiger partial charge in [0.1, 0.15) is 5.02 Å². The van der Waals surface area contributed by atoms with Crippen molar-refractivity contribution in [2.75, 3.05) is 11.0 Å². The van der Waals surface area contributed by atoms with Gasteiger partial charge in [-0.2, -0.15) is 0 Å². The van der Waals surface area contributed by atoms with Crippen molar-refractivity contribution in [3.8, 4) is 11.1 Å². The fourth-order valence-electron chi connectivity index (χ4n) is 3.01. The molecule has 142 valence electrons. The first-order chi connectivity index (χ1) is 12.6. The Labute approximate surface area is 161 Å². The summed E-state index contributed by atoms with van der Waals surface area (Å²) >= 11 is 5.92. The van der Waals surface area contributed by atoms with E-state index in [1.807, 2.05) is 24.6 Å². The summed E-state index contributed by atoms with van der Waals surface area (Å²) in [7, 11) is -3.39. The Balaban J connectivity index is 2.23. The molecule has 3 aromatic rings. The number of aromatic nitrogens is 1. The largest absolute Gasteiger partial charge is 0.344 e. The lowest BCUT2D eigenvalue weighted by molar-refractivity contribution is -0.384. The van der Waals surface area contributed by atoms with Crippen LogP contribution in [0.15, 0.2) is 42.6 Å². The van der Waals surface area contributed by atoms with Gasteiger partial charge < -0.3 is 4.57 Å². The van der Waals surface area contributed by atoms with E-state index in [1.165, 1.54) is 12.1 Å². The molecule has 0 saturated heterocycles. The number of nitro groups is 1. The van der Waals surface area contributed by atoms with E-state index in [-0.39, 0.29) is 16.8 Å². The quantitative estimate of drug-likeness (QED) is 0.484. The van der Waals surface area contributed by atoms with Crippen LogP contribution in [0.3, 0.4) is 0 Å². The van der Waals surface area contributed by atoms with Gasteiger partial charge in [0.2, 0.25) is 10.0 Å². The first-order valence-electron chi connectivity index (χ1n) is 8.13. The molecule has 0 amide bonds. The molecular weight excluding hydrogens is 390 g/mol. The summed E-state index contributed by atoms with van der Waals surface area (Å²) < 4.78 is 27.5. The van der Waals surface area contributed by atoms with Crippen LogP contribution in [0.1, 0.15) is 19.9 Å². The minimum Gasteiger partial charge on any atom is -0.344 e. The molecule has 27 heavy (non-hydrogen) atoms. The van der Waals surface area contributed by atoms with E-state index in [1.54, 1.807) is 24.3 Å². The summed E-state index contributed by atoms with van der Waals surface area (Å²) in [6.45, 7) is 4.01. The lowest BCUT2D eigenvalue weighted by Gasteiger charge is -2.10. The first kappa shape index (κ1) is 19.2. The fourth-order valence-corrected chi connectivity index (χ4v) is 3.75. The zero-order valence-electron chi connectivity index (χ0n) is 14.9. The predicted octanol–water partition coefficient (Wildman–Crippen LogP) is 4.82. The van der Waals surface area contributed by atoms with E-state index in [9.17, 15) is 18.5 Å². The Morgan fingerprint density at radius 2 is 1.89 bits per heavy atom. The van der Waals surface area contributed by atoms with Crippen molar-refractivity contribution in [2.24, 2.45) is 0 Å². The number of nitro benzene ring substituents is 1. The highest BCUT2D eigenvalue weighted by atomic mass is 35.5. The highest BCUT2D eigenvalue weighted by Gasteiger charge is 2.18. The van der Waals surface area contributed by atoms with Crippen molar-refractivity contribution in [3.05, 3.63) is 57.7 Å². The third kappa shape index (κ3) is 3.91. The highest BCUT2D eigenvalue weighted by Crippen LogP contribution is 2.37. The van der Waals surface area contributed by atoms with Gasteiger partial charge >= 0.3 is 0 Å². The standard InChI is InChI=1S/C18H18ClN3O4S/c1-11(2)21-10-15(12-4-7-16(19)18(8-12)22(23)24)14-6-5-13(9-17(14)21)20-27(3,25)26/h4-11,20H,1-3H3. The maximum atomic E-state index is 11.5. The van der Waals surface area contributed by atoms with Crippen LogP contribution in [0, 0.1) is 10.1 Å². The summed E-state index contributed by atoms with van der Waals surface area (Å²) in [5, 5.41) is 12.2. The summed E-state index contributed by atoms with van der Waals surface area (Å²) in [5.74, 6) is 0. The van der Waals surface area contributed by atoms with Crippen molar-refractivity contribution in [3.63, 3.8) is 0 Å². The van der Waals surface area contributed by atoms with Gasteiger partial charge in [-0.15, -0.1) is 0 Å². The number of rotatable bonds is 5. The first-order valence-corrected chi connectivity index (χ1v) is 10.4. The number of halogens is 1. The lowest BCUT2D eigenvalue weighted by atomic mass is 10.0. The second kappa shape index (κ2) is 6.86. The average Bonchev–Trinajstić information content (AvgIpc) is 2.92. The summed E-state index contributed by atoms with van der Waals surface area (Å²) in [4.78, 5) is 10.7. The van der Waals surface area contributed by atoms with E-state index >= 15 is 0 Å². The van der Waals surface area contributed by atoms with Gasteiger partial charge in [0.25, 0.3) is 5.69 Å². The second-order valence-corrected chi connectivity index (χ2v) is 8.73. The van der Waals surface area contributed by atoms with Crippen LogP contribution in [0.4, 0.5) is 11.4 Å². The van der Waals surface area contributed by atoms with Crippen LogP contribution in [0.2, 0.25) is 5.02 Å². The van der Waals surface area contributed by atoms with Gasteiger partial charge in [0.05, 0.1) is 22.4 Å². The molecule has 1 N–H and O–H groups in total.